The van der Waals surface area contributed by atoms with Crippen molar-refractivity contribution >= 4 is 22.5 Å². The number of fused-ring (bicyclic) bond motifs is 1. The van der Waals surface area contributed by atoms with Gasteiger partial charge in [0.15, 0.2) is 11.5 Å². The maximum Gasteiger partial charge on any atom is 0.364 e. The predicted octanol–water partition coefficient (Wildman–Crippen LogP) is 2.36. The van der Waals surface area contributed by atoms with E-state index in [-0.39, 0.29) is 17.0 Å². The highest BCUT2D eigenvalue weighted by Gasteiger charge is 2.17. The van der Waals surface area contributed by atoms with Crippen LogP contribution >= 0.6 is 0 Å². The fourth-order valence-electron chi connectivity index (χ4n) is 2.36. The minimum atomic E-state index is -0.669. The van der Waals surface area contributed by atoms with Crippen molar-refractivity contribution in [1.29, 1.82) is 0 Å². The normalized spacial score (nSPS) is 10.6. The van der Waals surface area contributed by atoms with Gasteiger partial charge in [0.25, 0.3) is 5.56 Å². The number of carbonyl (C=O) groups excluding carboxylic acids is 2. The molecule has 120 valence electrons. The van der Waals surface area contributed by atoms with Crippen LogP contribution in [0.2, 0.25) is 0 Å². The summed E-state index contributed by atoms with van der Waals surface area (Å²) in [6.07, 6.45) is 0. The van der Waals surface area contributed by atoms with Crippen LogP contribution in [-0.2, 0) is 7.05 Å². The van der Waals surface area contributed by atoms with Crippen LogP contribution in [0, 0.1) is 0 Å². The van der Waals surface area contributed by atoms with E-state index < -0.39 is 5.97 Å². The zero-order valence-electron chi connectivity index (χ0n) is 13.1. The molecular formula is C18H14N2O4. The van der Waals surface area contributed by atoms with Gasteiger partial charge in [-0.1, -0.05) is 18.2 Å². The third kappa shape index (κ3) is 2.81. The van der Waals surface area contributed by atoms with Crippen LogP contribution in [0.3, 0.4) is 0 Å². The average molecular weight is 322 g/mol. The first-order valence-electron chi connectivity index (χ1n) is 7.26. The number of carbonyl (C=O) groups is 2. The highest BCUT2D eigenvalue weighted by Crippen LogP contribution is 2.17. The highest BCUT2D eigenvalue weighted by atomic mass is 16.5. The minimum Gasteiger partial charge on any atom is -0.422 e. The molecule has 1 heterocycles. The highest BCUT2D eigenvalue weighted by molar-refractivity contribution is 6.03. The molecule has 0 unspecified atom stereocenters. The topological polar surface area (TPSA) is 78.3 Å². The molecular weight excluding hydrogens is 308 g/mol. The molecule has 3 rings (SSSR count). The van der Waals surface area contributed by atoms with Gasteiger partial charge in [0.05, 0.1) is 5.39 Å². The molecule has 6 heteroatoms. The van der Waals surface area contributed by atoms with Gasteiger partial charge >= 0.3 is 5.97 Å². The molecule has 0 N–H and O–H groups in total. The second-order valence-electron chi connectivity index (χ2n) is 5.29. The molecule has 6 nitrogen and oxygen atoms in total. The lowest BCUT2D eigenvalue weighted by Gasteiger charge is -2.08. The summed E-state index contributed by atoms with van der Waals surface area (Å²) < 4.78 is 6.42. The molecule has 0 spiro atoms. The first-order chi connectivity index (χ1) is 11.5. The summed E-state index contributed by atoms with van der Waals surface area (Å²) in [5.41, 5.74) is 0.303. The lowest BCUT2D eigenvalue weighted by atomic mass is 10.1. The van der Waals surface area contributed by atoms with E-state index in [1.54, 1.807) is 48.5 Å². The lowest BCUT2D eigenvalue weighted by Crippen LogP contribution is -2.24. The summed E-state index contributed by atoms with van der Waals surface area (Å²) in [5.74, 6) is -0.444. The fraction of sp³-hybridized carbons (Fsp3) is 0.111. The third-order valence-electron chi connectivity index (χ3n) is 3.62. The molecule has 0 saturated heterocycles. The number of nitrogens with zero attached hydrogens (tertiary/aromatic N) is 2. The molecule has 0 saturated carbocycles. The Bertz CT molecular complexity index is 1000. The first kappa shape index (κ1) is 15.6. The van der Waals surface area contributed by atoms with Crippen molar-refractivity contribution in [2.45, 2.75) is 6.92 Å². The Morgan fingerprint density at radius 1 is 1.00 bits per heavy atom. The molecule has 0 bridgehead atoms. The van der Waals surface area contributed by atoms with Gasteiger partial charge < -0.3 is 4.74 Å². The van der Waals surface area contributed by atoms with Crippen LogP contribution in [0.5, 0.6) is 5.75 Å². The average Bonchev–Trinajstić information content (AvgIpc) is 2.58. The van der Waals surface area contributed by atoms with E-state index in [9.17, 15) is 14.4 Å². The predicted molar refractivity (Wildman–Crippen MR) is 88.4 cm³/mol. The van der Waals surface area contributed by atoms with Gasteiger partial charge in [-0.3, -0.25) is 9.59 Å². The molecule has 1 aromatic heterocycles. The quantitative estimate of drug-likeness (QED) is 0.420. The number of rotatable bonds is 3. The van der Waals surface area contributed by atoms with Gasteiger partial charge in [-0.15, -0.1) is 0 Å². The lowest BCUT2D eigenvalue weighted by molar-refractivity contribution is 0.0728. The number of aryl methyl sites for hydroxylation is 1. The molecule has 0 aliphatic carbocycles. The molecule has 0 atom stereocenters. The molecule has 0 radical (unpaired) electrons. The summed E-state index contributed by atoms with van der Waals surface area (Å²) in [7, 11) is 1.48. The van der Waals surface area contributed by atoms with E-state index in [1.165, 1.54) is 14.0 Å². The molecule has 2 aromatic carbocycles. The zero-order valence-corrected chi connectivity index (χ0v) is 13.1. The van der Waals surface area contributed by atoms with Crippen LogP contribution < -0.4 is 10.3 Å². The van der Waals surface area contributed by atoms with Crippen LogP contribution in [0.1, 0.15) is 27.8 Å². The SMILES string of the molecule is CC(=O)c1ccc(OC(=O)c2nn(C)c(=O)c3ccccc23)cc1. The van der Waals surface area contributed by atoms with Crippen LogP contribution in [0.4, 0.5) is 0 Å². The number of aromatic nitrogens is 2. The summed E-state index contributed by atoms with van der Waals surface area (Å²) >= 11 is 0. The Morgan fingerprint density at radius 3 is 2.25 bits per heavy atom. The van der Waals surface area contributed by atoms with Gasteiger partial charge in [-0.2, -0.15) is 5.10 Å². The number of hydrogen-bond donors (Lipinski definition) is 0. The Balaban J connectivity index is 1.98. The smallest absolute Gasteiger partial charge is 0.364 e. The van der Waals surface area contributed by atoms with Crippen LogP contribution in [0.15, 0.2) is 53.3 Å². The second kappa shape index (κ2) is 6.08. The maximum atomic E-state index is 12.4. The van der Waals surface area contributed by atoms with E-state index in [0.29, 0.717) is 22.1 Å². The number of benzene rings is 2. The van der Waals surface area contributed by atoms with Crippen molar-refractivity contribution < 1.29 is 14.3 Å². The summed E-state index contributed by atoms with van der Waals surface area (Å²) in [4.78, 5) is 35.8. The standard InChI is InChI=1S/C18H14N2O4/c1-11(21)12-7-9-13(10-8-12)24-18(23)16-14-5-3-4-6-15(14)17(22)20(2)19-16/h3-10H,1-2H3. The van der Waals surface area contributed by atoms with E-state index in [1.807, 2.05) is 0 Å². The second-order valence-corrected chi connectivity index (χ2v) is 5.29. The van der Waals surface area contributed by atoms with Gasteiger partial charge in [0, 0.05) is 18.0 Å². The molecule has 0 aliphatic heterocycles. The van der Waals surface area contributed by atoms with E-state index in [0.717, 1.165) is 4.68 Å². The summed E-state index contributed by atoms with van der Waals surface area (Å²) in [6.45, 7) is 1.46. The molecule has 0 fully saturated rings. The molecule has 0 amide bonds. The van der Waals surface area contributed by atoms with Crippen molar-refractivity contribution in [2.75, 3.05) is 0 Å². The maximum absolute atomic E-state index is 12.4. The number of esters is 1. The summed E-state index contributed by atoms with van der Waals surface area (Å²) in [5, 5.41) is 4.85. The summed E-state index contributed by atoms with van der Waals surface area (Å²) in [6, 6.07) is 13.0. The van der Waals surface area contributed by atoms with Crippen molar-refractivity contribution in [3.63, 3.8) is 0 Å². The fourth-order valence-corrected chi connectivity index (χ4v) is 2.36. The van der Waals surface area contributed by atoms with Gasteiger partial charge in [0.2, 0.25) is 0 Å². The number of hydrogen-bond acceptors (Lipinski definition) is 5. The Hall–Kier alpha value is -3.28. The molecule has 0 aliphatic rings. The van der Waals surface area contributed by atoms with Gasteiger partial charge in [-0.25, -0.2) is 9.48 Å². The molecule has 3 aromatic rings. The van der Waals surface area contributed by atoms with E-state index in [2.05, 4.69) is 5.10 Å². The Morgan fingerprint density at radius 2 is 1.62 bits per heavy atom. The third-order valence-corrected chi connectivity index (χ3v) is 3.62. The number of Topliss-reactive ketones (excluding diaryl/α,β-unsaturated/α-hetero) is 1. The monoisotopic (exact) mass is 322 g/mol. The number of ketones is 1. The molecule has 24 heavy (non-hydrogen) atoms. The van der Waals surface area contributed by atoms with E-state index in [4.69, 9.17) is 4.74 Å². The van der Waals surface area contributed by atoms with Crippen molar-refractivity contribution in [1.82, 2.24) is 9.78 Å². The van der Waals surface area contributed by atoms with E-state index >= 15 is 0 Å². The number of ether oxygens (including phenoxy) is 1. The van der Waals surface area contributed by atoms with Crippen LogP contribution in [-0.4, -0.2) is 21.5 Å². The minimum absolute atomic E-state index is 0.0587. The van der Waals surface area contributed by atoms with Crippen molar-refractivity contribution in [3.05, 3.63) is 70.1 Å². The van der Waals surface area contributed by atoms with Crippen molar-refractivity contribution in [3.8, 4) is 5.75 Å². The van der Waals surface area contributed by atoms with Gasteiger partial charge in [0.1, 0.15) is 5.75 Å². The van der Waals surface area contributed by atoms with Crippen molar-refractivity contribution in [2.24, 2.45) is 7.05 Å². The largest absolute Gasteiger partial charge is 0.422 e. The van der Waals surface area contributed by atoms with Gasteiger partial charge in [-0.05, 0) is 37.3 Å². The Kier molecular flexibility index (Phi) is 3.95. The first-order valence-corrected chi connectivity index (χ1v) is 7.26. The van der Waals surface area contributed by atoms with Crippen LogP contribution in [0.25, 0.3) is 10.8 Å². The Labute approximate surface area is 137 Å². The zero-order chi connectivity index (χ0) is 17.3.